The van der Waals surface area contributed by atoms with Crippen molar-refractivity contribution >= 4 is 57.2 Å². The fourth-order valence-corrected chi connectivity index (χ4v) is 4.48. The van der Waals surface area contributed by atoms with E-state index in [2.05, 4.69) is 37.1 Å². The van der Waals surface area contributed by atoms with Gasteiger partial charge in [-0.25, -0.2) is 9.97 Å². The van der Waals surface area contributed by atoms with Crippen LogP contribution in [0.25, 0.3) is 10.9 Å². The number of pyridine rings is 1. The highest BCUT2D eigenvalue weighted by Crippen LogP contribution is 2.36. The Morgan fingerprint density at radius 3 is 2.73 bits per heavy atom. The van der Waals surface area contributed by atoms with Gasteiger partial charge in [0.25, 0.3) is 5.91 Å². The predicted molar refractivity (Wildman–Crippen MR) is 160 cm³/mol. The molecule has 41 heavy (non-hydrogen) atoms. The molecule has 1 aliphatic rings. The number of aromatic nitrogens is 3. The third-order valence-electron chi connectivity index (χ3n) is 6.27. The number of amides is 1. The SMILES string of the molecule is C=C(Cl)C(=O)Nc1cc2c(Nc3ccc(Oc4cccnc4)c(Cl)c3)ncnc2cc1OCCCN1CCOCC1. The first-order chi connectivity index (χ1) is 20.0. The van der Waals surface area contributed by atoms with Gasteiger partial charge in [-0.05, 0) is 42.8 Å². The monoisotopic (exact) mass is 594 g/mol. The summed E-state index contributed by atoms with van der Waals surface area (Å²) >= 11 is 12.3. The van der Waals surface area contributed by atoms with E-state index >= 15 is 0 Å². The van der Waals surface area contributed by atoms with Crippen molar-refractivity contribution in [1.82, 2.24) is 19.9 Å². The van der Waals surface area contributed by atoms with Gasteiger partial charge in [0.05, 0.1) is 47.3 Å². The van der Waals surface area contributed by atoms with Gasteiger partial charge in [-0.3, -0.25) is 14.7 Å². The summed E-state index contributed by atoms with van der Waals surface area (Å²) in [6, 6.07) is 12.4. The fourth-order valence-electron chi connectivity index (χ4n) is 4.22. The number of ether oxygens (including phenoxy) is 3. The molecule has 3 heterocycles. The van der Waals surface area contributed by atoms with Crippen LogP contribution in [-0.4, -0.2) is 65.2 Å². The zero-order valence-corrected chi connectivity index (χ0v) is 23.6. The highest BCUT2D eigenvalue weighted by molar-refractivity contribution is 6.43. The van der Waals surface area contributed by atoms with Gasteiger partial charge in [0.1, 0.15) is 29.4 Å². The van der Waals surface area contributed by atoms with Crippen molar-refractivity contribution in [2.75, 3.05) is 50.1 Å². The number of anilines is 3. The van der Waals surface area contributed by atoms with E-state index in [4.69, 9.17) is 37.4 Å². The minimum Gasteiger partial charge on any atom is -0.491 e. The molecule has 0 saturated carbocycles. The van der Waals surface area contributed by atoms with E-state index in [0.717, 1.165) is 39.3 Å². The van der Waals surface area contributed by atoms with E-state index in [-0.39, 0.29) is 5.03 Å². The number of nitrogens with one attached hydrogen (secondary N) is 2. The van der Waals surface area contributed by atoms with Crippen molar-refractivity contribution < 1.29 is 19.0 Å². The van der Waals surface area contributed by atoms with Gasteiger partial charge in [0, 0.05) is 43.0 Å². The molecule has 5 rings (SSSR count). The normalized spacial score (nSPS) is 13.5. The van der Waals surface area contributed by atoms with Crippen molar-refractivity contribution in [3.63, 3.8) is 0 Å². The lowest BCUT2D eigenvalue weighted by molar-refractivity contribution is -0.112. The standard InChI is InChI=1S/C29H28Cl2N6O4/c1-19(30)29(38)36-25-15-22-24(16-27(25)40-11-3-8-37-9-12-39-13-10-37)33-18-34-28(22)35-20-5-6-26(23(31)14-20)41-21-4-2-7-32-17-21/h2,4-7,14-18H,1,3,8-13H2,(H,36,38)(H,33,34,35). The van der Waals surface area contributed by atoms with Gasteiger partial charge in [0.15, 0.2) is 0 Å². The van der Waals surface area contributed by atoms with Crippen molar-refractivity contribution in [2.45, 2.75) is 6.42 Å². The summed E-state index contributed by atoms with van der Waals surface area (Å²) in [6.45, 7) is 8.18. The van der Waals surface area contributed by atoms with Crippen LogP contribution >= 0.6 is 23.2 Å². The highest BCUT2D eigenvalue weighted by Gasteiger charge is 2.16. The Bertz CT molecular complexity index is 1530. The second-order valence-electron chi connectivity index (χ2n) is 9.16. The Morgan fingerprint density at radius 1 is 1.12 bits per heavy atom. The first-order valence-electron chi connectivity index (χ1n) is 13.0. The Hall–Kier alpha value is -3.96. The number of rotatable bonds is 11. The topological polar surface area (TPSA) is 111 Å². The van der Waals surface area contributed by atoms with Crippen LogP contribution in [-0.2, 0) is 9.53 Å². The van der Waals surface area contributed by atoms with Crippen LogP contribution in [0.4, 0.5) is 17.2 Å². The summed E-state index contributed by atoms with van der Waals surface area (Å²) in [4.78, 5) is 27.6. The Labute approximate surface area is 247 Å². The summed E-state index contributed by atoms with van der Waals surface area (Å²) in [5.74, 6) is 1.50. The molecule has 0 aliphatic carbocycles. The number of fused-ring (bicyclic) bond motifs is 1. The van der Waals surface area contributed by atoms with E-state index in [1.807, 2.05) is 6.07 Å². The molecule has 0 radical (unpaired) electrons. The zero-order valence-electron chi connectivity index (χ0n) is 22.1. The first kappa shape index (κ1) is 28.6. The van der Waals surface area contributed by atoms with Gasteiger partial charge < -0.3 is 24.8 Å². The highest BCUT2D eigenvalue weighted by atomic mass is 35.5. The number of morpholine rings is 1. The number of hydrogen-bond donors (Lipinski definition) is 2. The van der Waals surface area contributed by atoms with Gasteiger partial charge in [-0.15, -0.1) is 0 Å². The maximum atomic E-state index is 12.4. The molecule has 212 valence electrons. The molecule has 12 heteroatoms. The van der Waals surface area contributed by atoms with E-state index in [9.17, 15) is 4.79 Å². The molecule has 10 nitrogen and oxygen atoms in total. The molecule has 0 unspecified atom stereocenters. The van der Waals surface area contributed by atoms with Crippen LogP contribution in [0.2, 0.25) is 5.02 Å². The van der Waals surface area contributed by atoms with Crippen LogP contribution in [0.1, 0.15) is 6.42 Å². The molecule has 0 atom stereocenters. The minimum absolute atomic E-state index is 0.144. The third-order valence-corrected chi connectivity index (χ3v) is 6.74. The molecule has 1 amide bonds. The summed E-state index contributed by atoms with van der Waals surface area (Å²) in [5.41, 5.74) is 1.72. The second-order valence-corrected chi connectivity index (χ2v) is 10.0. The molecule has 1 aliphatic heterocycles. The quantitative estimate of drug-likeness (QED) is 0.159. The van der Waals surface area contributed by atoms with Crippen molar-refractivity contribution in [1.29, 1.82) is 0 Å². The average Bonchev–Trinajstić information content (AvgIpc) is 2.98. The zero-order chi connectivity index (χ0) is 28.6. The van der Waals surface area contributed by atoms with Gasteiger partial charge in [0.2, 0.25) is 0 Å². The molecule has 0 spiro atoms. The van der Waals surface area contributed by atoms with Crippen LogP contribution in [0.5, 0.6) is 17.2 Å². The summed E-state index contributed by atoms with van der Waals surface area (Å²) in [5, 5.41) is 6.95. The number of nitrogens with zero attached hydrogens (tertiary/aromatic N) is 4. The lowest BCUT2D eigenvalue weighted by Crippen LogP contribution is -2.37. The molecule has 2 aromatic heterocycles. The first-order valence-corrected chi connectivity index (χ1v) is 13.7. The molecular weight excluding hydrogens is 567 g/mol. The molecule has 2 aromatic carbocycles. The maximum absolute atomic E-state index is 12.4. The Balaban J connectivity index is 1.35. The minimum atomic E-state index is -0.536. The largest absolute Gasteiger partial charge is 0.491 e. The van der Waals surface area contributed by atoms with Crippen LogP contribution in [0.15, 0.2) is 72.8 Å². The Kier molecular flexibility index (Phi) is 9.48. The van der Waals surface area contributed by atoms with E-state index in [0.29, 0.717) is 57.0 Å². The van der Waals surface area contributed by atoms with Crippen molar-refractivity contribution in [3.05, 3.63) is 77.8 Å². The molecule has 1 fully saturated rings. The van der Waals surface area contributed by atoms with Gasteiger partial charge >= 0.3 is 0 Å². The number of carbonyl (C=O) groups excluding carboxylic acids is 1. The molecule has 2 N–H and O–H groups in total. The molecule has 0 bridgehead atoms. The molecule has 4 aromatic rings. The fraction of sp³-hybridized carbons (Fsp3) is 0.241. The van der Waals surface area contributed by atoms with Gasteiger partial charge in [-0.1, -0.05) is 29.8 Å². The number of halogens is 2. The summed E-state index contributed by atoms with van der Waals surface area (Å²) in [7, 11) is 0. The van der Waals surface area contributed by atoms with E-state index < -0.39 is 5.91 Å². The van der Waals surface area contributed by atoms with Crippen molar-refractivity contribution in [2.24, 2.45) is 0 Å². The second kappa shape index (κ2) is 13.6. The van der Waals surface area contributed by atoms with Gasteiger partial charge in [-0.2, -0.15) is 0 Å². The molecular formula is C29H28Cl2N6O4. The Morgan fingerprint density at radius 2 is 1.98 bits per heavy atom. The maximum Gasteiger partial charge on any atom is 0.266 e. The number of carbonyl (C=O) groups is 1. The number of benzene rings is 2. The summed E-state index contributed by atoms with van der Waals surface area (Å²) in [6.07, 6.45) is 5.53. The average molecular weight is 595 g/mol. The van der Waals surface area contributed by atoms with E-state index in [1.165, 1.54) is 6.33 Å². The molecule has 1 saturated heterocycles. The van der Waals surface area contributed by atoms with Crippen LogP contribution in [0.3, 0.4) is 0 Å². The summed E-state index contributed by atoms with van der Waals surface area (Å²) < 4.78 is 17.3. The lowest BCUT2D eigenvalue weighted by Gasteiger charge is -2.26. The van der Waals surface area contributed by atoms with Crippen LogP contribution < -0.4 is 20.1 Å². The van der Waals surface area contributed by atoms with Crippen LogP contribution in [0, 0.1) is 0 Å². The lowest BCUT2D eigenvalue weighted by atomic mass is 10.1. The third kappa shape index (κ3) is 7.62. The number of hydrogen-bond acceptors (Lipinski definition) is 9. The van der Waals surface area contributed by atoms with E-state index in [1.54, 1.807) is 48.8 Å². The smallest absolute Gasteiger partial charge is 0.266 e. The van der Waals surface area contributed by atoms with Crippen molar-refractivity contribution in [3.8, 4) is 17.2 Å². The predicted octanol–water partition coefficient (Wildman–Crippen LogP) is 6.01.